The standard InChI is InChI=1S/C23H20ClN3O4/c1-31-14-7-5-13(6-8-14)27-20(28)18-17-3-2-10-26(17)23(19(18)21(27)29)15-11-12(24)4-9-16(15)25-22(23)30/h4-9,11,17-19H,2-3,10H2,1H3,(H,25,30)/t17-,18+,19+,23-/m1/s1. The fourth-order valence-corrected chi connectivity index (χ4v) is 6.33. The molecule has 0 saturated carbocycles. The highest BCUT2D eigenvalue weighted by molar-refractivity contribution is 6.31. The number of ether oxygens (including phenoxy) is 1. The Morgan fingerprint density at radius 2 is 1.87 bits per heavy atom. The lowest BCUT2D eigenvalue weighted by Gasteiger charge is -2.36. The van der Waals surface area contributed by atoms with Crippen LogP contribution in [-0.4, -0.2) is 42.3 Å². The van der Waals surface area contributed by atoms with Gasteiger partial charge in [-0.3, -0.25) is 19.3 Å². The van der Waals surface area contributed by atoms with Gasteiger partial charge in [0.1, 0.15) is 11.3 Å². The maximum atomic E-state index is 13.8. The van der Waals surface area contributed by atoms with Gasteiger partial charge in [-0.25, -0.2) is 4.90 Å². The molecule has 2 aromatic rings. The van der Waals surface area contributed by atoms with Crippen molar-refractivity contribution in [1.29, 1.82) is 0 Å². The molecule has 1 N–H and O–H groups in total. The van der Waals surface area contributed by atoms with E-state index in [1.807, 2.05) is 0 Å². The second kappa shape index (κ2) is 6.31. The van der Waals surface area contributed by atoms with Crippen LogP contribution < -0.4 is 15.0 Å². The number of benzene rings is 2. The van der Waals surface area contributed by atoms with E-state index in [1.54, 1.807) is 49.6 Å². The summed E-state index contributed by atoms with van der Waals surface area (Å²) in [6.07, 6.45) is 1.66. The van der Waals surface area contributed by atoms with Gasteiger partial charge in [0.25, 0.3) is 0 Å². The number of amides is 3. The summed E-state index contributed by atoms with van der Waals surface area (Å²) in [5.41, 5.74) is 0.639. The lowest BCUT2D eigenvalue weighted by molar-refractivity contribution is -0.135. The van der Waals surface area contributed by atoms with Crippen LogP contribution in [0.4, 0.5) is 11.4 Å². The predicted molar refractivity (Wildman–Crippen MR) is 114 cm³/mol. The van der Waals surface area contributed by atoms with Crippen LogP contribution in [0.15, 0.2) is 42.5 Å². The van der Waals surface area contributed by atoms with E-state index in [4.69, 9.17) is 16.3 Å². The SMILES string of the molecule is COc1ccc(N2C(=O)[C@H]3[C@H]4CCCN4[C@@]4(C(=O)Nc5ccc(Cl)cc54)[C@@H]3C2=O)cc1. The predicted octanol–water partition coefficient (Wildman–Crippen LogP) is 2.78. The van der Waals surface area contributed by atoms with Crippen molar-refractivity contribution in [3.8, 4) is 5.75 Å². The minimum atomic E-state index is -1.21. The fourth-order valence-electron chi connectivity index (χ4n) is 6.16. The van der Waals surface area contributed by atoms with Crippen LogP contribution >= 0.6 is 11.6 Å². The molecule has 4 atom stereocenters. The molecule has 6 rings (SSSR count). The molecule has 0 unspecified atom stereocenters. The van der Waals surface area contributed by atoms with Crippen LogP contribution in [0.3, 0.4) is 0 Å². The molecular weight excluding hydrogens is 418 g/mol. The highest BCUT2D eigenvalue weighted by atomic mass is 35.5. The Bertz CT molecular complexity index is 1150. The van der Waals surface area contributed by atoms with Crippen LogP contribution in [0.5, 0.6) is 5.75 Å². The number of rotatable bonds is 2. The Hall–Kier alpha value is -2.90. The van der Waals surface area contributed by atoms with E-state index in [1.165, 1.54) is 4.90 Å². The van der Waals surface area contributed by atoms with Crippen molar-refractivity contribution < 1.29 is 19.1 Å². The van der Waals surface area contributed by atoms with Gasteiger partial charge in [-0.05, 0) is 61.9 Å². The number of methoxy groups -OCH3 is 1. The highest BCUT2D eigenvalue weighted by Gasteiger charge is 2.74. The van der Waals surface area contributed by atoms with Gasteiger partial charge < -0.3 is 10.1 Å². The molecule has 1 spiro atoms. The molecule has 31 heavy (non-hydrogen) atoms. The minimum Gasteiger partial charge on any atom is -0.497 e. The third kappa shape index (κ3) is 2.20. The molecule has 3 saturated heterocycles. The molecule has 4 aliphatic rings. The van der Waals surface area contributed by atoms with Gasteiger partial charge in [0.05, 0.1) is 24.6 Å². The van der Waals surface area contributed by atoms with E-state index in [9.17, 15) is 14.4 Å². The van der Waals surface area contributed by atoms with Gasteiger partial charge in [-0.1, -0.05) is 11.6 Å². The first-order valence-corrected chi connectivity index (χ1v) is 10.8. The zero-order valence-electron chi connectivity index (χ0n) is 16.8. The molecule has 0 aliphatic carbocycles. The van der Waals surface area contributed by atoms with Crippen molar-refractivity contribution >= 4 is 40.7 Å². The number of hydrogen-bond donors (Lipinski definition) is 1. The molecule has 0 bridgehead atoms. The zero-order valence-corrected chi connectivity index (χ0v) is 17.6. The van der Waals surface area contributed by atoms with Crippen molar-refractivity contribution in [1.82, 2.24) is 4.90 Å². The molecule has 7 nitrogen and oxygen atoms in total. The van der Waals surface area contributed by atoms with Gasteiger partial charge in [-0.15, -0.1) is 0 Å². The van der Waals surface area contributed by atoms with Crippen LogP contribution in [0.2, 0.25) is 5.02 Å². The first kappa shape index (κ1) is 18.8. The molecule has 0 radical (unpaired) electrons. The maximum absolute atomic E-state index is 13.8. The quantitative estimate of drug-likeness (QED) is 0.731. The number of fused-ring (bicyclic) bond motifs is 7. The molecule has 4 heterocycles. The monoisotopic (exact) mass is 437 g/mol. The fraction of sp³-hybridized carbons (Fsp3) is 0.348. The van der Waals surface area contributed by atoms with E-state index in [0.29, 0.717) is 34.3 Å². The van der Waals surface area contributed by atoms with Crippen molar-refractivity contribution in [2.24, 2.45) is 11.8 Å². The van der Waals surface area contributed by atoms with Crippen LogP contribution in [0.1, 0.15) is 18.4 Å². The van der Waals surface area contributed by atoms with Crippen molar-refractivity contribution in [3.05, 3.63) is 53.1 Å². The van der Waals surface area contributed by atoms with Crippen molar-refractivity contribution in [2.45, 2.75) is 24.4 Å². The van der Waals surface area contributed by atoms with E-state index in [0.717, 1.165) is 12.8 Å². The largest absolute Gasteiger partial charge is 0.497 e. The first-order chi connectivity index (χ1) is 15.0. The Labute approximate surface area is 183 Å². The van der Waals surface area contributed by atoms with Crippen molar-refractivity contribution in [3.63, 3.8) is 0 Å². The van der Waals surface area contributed by atoms with Gasteiger partial charge in [0.2, 0.25) is 17.7 Å². The first-order valence-electron chi connectivity index (χ1n) is 10.4. The molecule has 4 aliphatic heterocycles. The van der Waals surface area contributed by atoms with Gasteiger partial charge >= 0.3 is 0 Å². The normalized spacial score (nSPS) is 31.2. The molecule has 0 aromatic heterocycles. The Balaban J connectivity index is 1.53. The second-order valence-electron chi connectivity index (χ2n) is 8.53. The van der Waals surface area contributed by atoms with Gasteiger partial charge in [-0.2, -0.15) is 0 Å². The summed E-state index contributed by atoms with van der Waals surface area (Å²) in [4.78, 5) is 44.3. The number of anilines is 2. The van der Waals surface area contributed by atoms with E-state index in [2.05, 4.69) is 10.2 Å². The van der Waals surface area contributed by atoms with E-state index < -0.39 is 17.4 Å². The number of nitrogens with one attached hydrogen (secondary N) is 1. The average Bonchev–Trinajstić information content (AvgIpc) is 3.47. The Morgan fingerprint density at radius 3 is 2.61 bits per heavy atom. The number of carbonyl (C=O) groups excluding carboxylic acids is 3. The lowest BCUT2D eigenvalue weighted by atomic mass is 9.75. The smallest absolute Gasteiger partial charge is 0.250 e. The summed E-state index contributed by atoms with van der Waals surface area (Å²) in [7, 11) is 1.56. The van der Waals surface area contributed by atoms with Crippen LogP contribution in [0.25, 0.3) is 0 Å². The lowest BCUT2D eigenvalue weighted by Crippen LogP contribution is -2.54. The van der Waals surface area contributed by atoms with Crippen LogP contribution in [-0.2, 0) is 19.9 Å². The van der Waals surface area contributed by atoms with Crippen molar-refractivity contribution in [2.75, 3.05) is 23.9 Å². The van der Waals surface area contributed by atoms with Gasteiger partial charge in [0.15, 0.2) is 0 Å². The number of halogens is 1. The molecule has 8 heteroatoms. The number of nitrogens with zero attached hydrogens (tertiary/aromatic N) is 2. The summed E-state index contributed by atoms with van der Waals surface area (Å²) in [5, 5.41) is 3.45. The summed E-state index contributed by atoms with van der Waals surface area (Å²) in [6.45, 7) is 0.667. The summed E-state index contributed by atoms with van der Waals surface area (Å²) in [6, 6.07) is 11.9. The number of hydrogen-bond acceptors (Lipinski definition) is 5. The van der Waals surface area contributed by atoms with Gasteiger partial charge in [0, 0.05) is 22.3 Å². The third-order valence-corrected chi connectivity index (χ3v) is 7.52. The highest BCUT2D eigenvalue weighted by Crippen LogP contribution is 2.60. The number of carbonyl (C=O) groups is 3. The van der Waals surface area contributed by atoms with E-state index in [-0.39, 0.29) is 23.8 Å². The average molecular weight is 438 g/mol. The molecule has 3 fully saturated rings. The van der Waals surface area contributed by atoms with Crippen LogP contribution in [0, 0.1) is 11.8 Å². The maximum Gasteiger partial charge on any atom is 0.250 e. The zero-order chi connectivity index (χ0) is 21.5. The summed E-state index contributed by atoms with van der Waals surface area (Å²) < 4.78 is 5.20. The summed E-state index contributed by atoms with van der Waals surface area (Å²) in [5.74, 6) is -1.53. The Morgan fingerprint density at radius 1 is 1.10 bits per heavy atom. The molecule has 3 amide bonds. The third-order valence-electron chi connectivity index (χ3n) is 7.29. The van der Waals surface area contributed by atoms with E-state index >= 15 is 0 Å². The topological polar surface area (TPSA) is 79.0 Å². The minimum absolute atomic E-state index is 0.152. The molecular formula is C23H20ClN3O4. The Kier molecular flexibility index (Phi) is 3.83. The number of imide groups is 1. The molecule has 158 valence electrons. The summed E-state index contributed by atoms with van der Waals surface area (Å²) >= 11 is 6.30. The molecule has 2 aromatic carbocycles. The second-order valence-corrected chi connectivity index (χ2v) is 8.96.